The van der Waals surface area contributed by atoms with E-state index in [1.807, 2.05) is 12.4 Å². The summed E-state index contributed by atoms with van der Waals surface area (Å²) in [6.07, 6.45) is 4.76. The molecular formula is C15H18BrN3. The maximum atomic E-state index is 4.24. The zero-order valence-electron chi connectivity index (χ0n) is 11.2. The molecule has 2 rings (SSSR count). The Morgan fingerprint density at radius 1 is 1.16 bits per heavy atom. The highest BCUT2D eigenvalue weighted by Gasteiger charge is 2.02. The molecule has 0 radical (unpaired) electrons. The number of halogens is 1. The van der Waals surface area contributed by atoms with Crippen LogP contribution in [0, 0.1) is 6.92 Å². The number of rotatable bonds is 5. The van der Waals surface area contributed by atoms with Crippen molar-refractivity contribution in [1.29, 1.82) is 0 Å². The molecular weight excluding hydrogens is 302 g/mol. The van der Waals surface area contributed by atoms with Gasteiger partial charge < -0.3 is 10.6 Å². The summed E-state index contributed by atoms with van der Waals surface area (Å²) in [6, 6.07) is 8.30. The first-order chi connectivity index (χ1) is 9.19. The lowest BCUT2D eigenvalue weighted by Gasteiger charge is -2.11. The molecule has 0 atom stereocenters. The standard InChI is InChI=1S/C15H18BrN3/c1-3-6-18-12-8-13(10-17-9-12)19-15-5-4-11(2)7-14(15)16/h4-5,7-10,18-19H,3,6H2,1-2H3. The monoisotopic (exact) mass is 319 g/mol. The average Bonchev–Trinajstić information content (AvgIpc) is 2.40. The van der Waals surface area contributed by atoms with Gasteiger partial charge in [0.25, 0.3) is 0 Å². The van der Waals surface area contributed by atoms with Crippen LogP contribution < -0.4 is 10.6 Å². The fourth-order valence-corrected chi connectivity index (χ4v) is 2.34. The number of anilines is 3. The van der Waals surface area contributed by atoms with Gasteiger partial charge in [-0.3, -0.25) is 4.98 Å². The molecule has 100 valence electrons. The Morgan fingerprint density at radius 2 is 1.95 bits per heavy atom. The molecule has 0 aliphatic rings. The second kappa shape index (κ2) is 6.57. The van der Waals surface area contributed by atoms with E-state index in [0.29, 0.717) is 0 Å². The van der Waals surface area contributed by atoms with Crippen molar-refractivity contribution in [3.8, 4) is 0 Å². The second-order valence-electron chi connectivity index (χ2n) is 4.50. The molecule has 0 aliphatic heterocycles. The van der Waals surface area contributed by atoms with E-state index in [-0.39, 0.29) is 0 Å². The Hall–Kier alpha value is -1.55. The number of nitrogens with one attached hydrogen (secondary N) is 2. The third-order valence-corrected chi connectivity index (χ3v) is 3.38. The van der Waals surface area contributed by atoms with Gasteiger partial charge >= 0.3 is 0 Å². The van der Waals surface area contributed by atoms with Crippen LogP contribution in [0.1, 0.15) is 18.9 Å². The summed E-state index contributed by atoms with van der Waals surface area (Å²) >= 11 is 3.57. The lowest BCUT2D eigenvalue weighted by molar-refractivity contribution is 0.978. The summed E-state index contributed by atoms with van der Waals surface area (Å²) in [7, 11) is 0. The number of hydrogen-bond donors (Lipinski definition) is 2. The van der Waals surface area contributed by atoms with Crippen molar-refractivity contribution in [3.05, 3.63) is 46.7 Å². The molecule has 1 aromatic carbocycles. The van der Waals surface area contributed by atoms with Gasteiger partial charge in [0.1, 0.15) is 0 Å². The van der Waals surface area contributed by atoms with Gasteiger partial charge in [-0.1, -0.05) is 13.0 Å². The van der Waals surface area contributed by atoms with Crippen molar-refractivity contribution in [2.75, 3.05) is 17.2 Å². The van der Waals surface area contributed by atoms with E-state index in [4.69, 9.17) is 0 Å². The third-order valence-electron chi connectivity index (χ3n) is 2.72. The molecule has 19 heavy (non-hydrogen) atoms. The molecule has 2 aromatic rings. The average molecular weight is 320 g/mol. The number of benzene rings is 1. The van der Waals surface area contributed by atoms with Crippen LogP contribution >= 0.6 is 15.9 Å². The van der Waals surface area contributed by atoms with Crippen LogP contribution in [0.4, 0.5) is 17.1 Å². The predicted molar refractivity (Wildman–Crippen MR) is 85.2 cm³/mol. The van der Waals surface area contributed by atoms with E-state index in [1.165, 1.54) is 5.56 Å². The van der Waals surface area contributed by atoms with Crippen molar-refractivity contribution in [1.82, 2.24) is 4.98 Å². The molecule has 0 bridgehead atoms. The zero-order valence-corrected chi connectivity index (χ0v) is 12.8. The van der Waals surface area contributed by atoms with Gasteiger partial charge in [-0.15, -0.1) is 0 Å². The maximum absolute atomic E-state index is 4.24. The molecule has 2 N–H and O–H groups in total. The van der Waals surface area contributed by atoms with E-state index >= 15 is 0 Å². The van der Waals surface area contributed by atoms with Crippen LogP contribution in [0.3, 0.4) is 0 Å². The van der Waals surface area contributed by atoms with Crippen LogP contribution in [0.25, 0.3) is 0 Å². The quantitative estimate of drug-likeness (QED) is 0.837. The predicted octanol–water partition coefficient (Wildman–Crippen LogP) is 4.72. The van der Waals surface area contributed by atoms with Gasteiger partial charge in [-0.05, 0) is 53.0 Å². The van der Waals surface area contributed by atoms with Gasteiger partial charge in [-0.2, -0.15) is 0 Å². The fraction of sp³-hybridized carbons (Fsp3) is 0.267. The number of aromatic nitrogens is 1. The Bertz CT molecular complexity index is 555. The molecule has 0 aliphatic carbocycles. The highest BCUT2D eigenvalue weighted by Crippen LogP contribution is 2.27. The van der Waals surface area contributed by atoms with Crippen molar-refractivity contribution >= 4 is 33.0 Å². The van der Waals surface area contributed by atoms with Gasteiger partial charge in [-0.25, -0.2) is 0 Å². The first-order valence-electron chi connectivity index (χ1n) is 6.41. The molecule has 0 saturated carbocycles. The molecule has 0 saturated heterocycles. The number of aryl methyl sites for hydroxylation is 1. The normalized spacial score (nSPS) is 10.3. The summed E-state index contributed by atoms with van der Waals surface area (Å²) in [5.41, 5.74) is 4.29. The Labute approximate surface area is 122 Å². The van der Waals surface area contributed by atoms with E-state index < -0.39 is 0 Å². The second-order valence-corrected chi connectivity index (χ2v) is 5.35. The van der Waals surface area contributed by atoms with Gasteiger partial charge in [0.05, 0.1) is 29.5 Å². The van der Waals surface area contributed by atoms with Gasteiger partial charge in [0.15, 0.2) is 0 Å². The molecule has 0 spiro atoms. The van der Waals surface area contributed by atoms with E-state index in [2.05, 4.69) is 69.7 Å². The van der Waals surface area contributed by atoms with Crippen LogP contribution in [0.2, 0.25) is 0 Å². The largest absolute Gasteiger partial charge is 0.384 e. The Balaban J connectivity index is 2.14. The topological polar surface area (TPSA) is 37.0 Å². The SMILES string of the molecule is CCCNc1cncc(Nc2ccc(C)cc2Br)c1. The molecule has 0 unspecified atom stereocenters. The maximum Gasteiger partial charge on any atom is 0.0591 e. The first-order valence-corrected chi connectivity index (χ1v) is 7.20. The number of hydrogen-bond acceptors (Lipinski definition) is 3. The van der Waals surface area contributed by atoms with Crippen LogP contribution in [-0.4, -0.2) is 11.5 Å². The summed E-state index contributed by atoms with van der Waals surface area (Å²) in [6.45, 7) is 5.18. The number of pyridine rings is 1. The summed E-state index contributed by atoms with van der Waals surface area (Å²) in [5, 5.41) is 6.70. The highest BCUT2D eigenvalue weighted by atomic mass is 79.9. The van der Waals surface area contributed by atoms with E-state index in [0.717, 1.165) is 34.5 Å². The minimum Gasteiger partial charge on any atom is -0.384 e. The van der Waals surface area contributed by atoms with E-state index in [1.54, 1.807) is 0 Å². The first kappa shape index (κ1) is 13.9. The van der Waals surface area contributed by atoms with Gasteiger partial charge in [0, 0.05) is 11.0 Å². The van der Waals surface area contributed by atoms with Crippen molar-refractivity contribution in [2.45, 2.75) is 20.3 Å². The molecule has 3 nitrogen and oxygen atoms in total. The lowest BCUT2D eigenvalue weighted by atomic mass is 10.2. The molecule has 1 heterocycles. The zero-order chi connectivity index (χ0) is 13.7. The van der Waals surface area contributed by atoms with E-state index in [9.17, 15) is 0 Å². The molecule has 4 heteroatoms. The highest BCUT2D eigenvalue weighted by molar-refractivity contribution is 9.10. The van der Waals surface area contributed by atoms with Crippen molar-refractivity contribution < 1.29 is 0 Å². The minimum atomic E-state index is 0.958. The fourth-order valence-electron chi connectivity index (χ4n) is 1.75. The molecule has 1 aromatic heterocycles. The van der Waals surface area contributed by atoms with Crippen LogP contribution in [0.5, 0.6) is 0 Å². The van der Waals surface area contributed by atoms with Gasteiger partial charge in [0.2, 0.25) is 0 Å². The third kappa shape index (κ3) is 3.96. The van der Waals surface area contributed by atoms with Crippen molar-refractivity contribution in [3.63, 3.8) is 0 Å². The van der Waals surface area contributed by atoms with Crippen LogP contribution in [0.15, 0.2) is 41.1 Å². The van der Waals surface area contributed by atoms with Crippen LogP contribution in [-0.2, 0) is 0 Å². The smallest absolute Gasteiger partial charge is 0.0591 e. The summed E-state index contributed by atoms with van der Waals surface area (Å²) in [4.78, 5) is 4.24. The Kier molecular flexibility index (Phi) is 4.80. The molecule has 0 fully saturated rings. The van der Waals surface area contributed by atoms with Crippen molar-refractivity contribution in [2.24, 2.45) is 0 Å². The lowest BCUT2D eigenvalue weighted by Crippen LogP contribution is -2.01. The summed E-state index contributed by atoms with van der Waals surface area (Å²) < 4.78 is 1.06. The summed E-state index contributed by atoms with van der Waals surface area (Å²) in [5.74, 6) is 0. The minimum absolute atomic E-state index is 0.958. The number of nitrogens with zero attached hydrogens (tertiary/aromatic N) is 1. The molecule has 0 amide bonds. The Morgan fingerprint density at radius 3 is 2.68 bits per heavy atom.